The van der Waals surface area contributed by atoms with Crippen molar-refractivity contribution in [3.05, 3.63) is 58.8 Å². The van der Waals surface area contributed by atoms with E-state index in [1.807, 2.05) is 40.6 Å². The van der Waals surface area contributed by atoms with Gasteiger partial charge in [0, 0.05) is 39.0 Å². The fourth-order valence-electron chi connectivity index (χ4n) is 4.18. The number of hydrogen-bond acceptors (Lipinski definition) is 8. The summed E-state index contributed by atoms with van der Waals surface area (Å²) >= 11 is 1.59. The second kappa shape index (κ2) is 9.22. The topological polar surface area (TPSA) is 88.8 Å². The Morgan fingerprint density at radius 1 is 1.12 bits per heavy atom. The minimum Gasteiger partial charge on any atom is -0.448 e. The summed E-state index contributed by atoms with van der Waals surface area (Å²) in [7, 11) is 0. The van der Waals surface area contributed by atoms with E-state index in [0.29, 0.717) is 36.8 Å². The zero-order valence-electron chi connectivity index (χ0n) is 17.6. The van der Waals surface area contributed by atoms with Crippen molar-refractivity contribution >= 4 is 23.2 Å². The second-order valence-corrected chi connectivity index (χ2v) is 8.96. The molecule has 1 aromatic carbocycles. The predicted octanol–water partition coefficient (Wildman–Crippen LogP) is 2.66. The summed E-state index contributed by atoms with van der Waals surface area (Å²) < 4.78 is 10.8. The van der Waals surface area contributed by atoms with E-state index in [1.54, 1.807) is 17.4 Å². The van der Waals surface area contributed by atoms with Crippen LogP contribution in [-0.2, 0) is 22.4 Å². The molecule has 2 aromatic heterocycles. The lowest BCUT2D eigenvalue weighted by Crippen LogP contribution is -2.53. The van der Waals surface area contributed by atoms with Crippen molar-refractivity contribution in [1.82, 2.24) is 19.9 Å². The molecule has 0 bridgehead atoms. The van der Waals surface area contributed by atoms with Crippen LogP contribution in [0.25, 0.3) is 10.7 Å². The van der Waals surface area contributed by atoms with E-state index >= 15 is 0 Å². The Bertz CT molecular complexity index is 1090. The van der Waals surface area contributed by atoms with Gasteiger partial charge in [-0.2, -0.15) is 4.98 Å². The number of benzene rings is 1. The number of amides is 1. The van der Waals surface area contributed by atoms with E-state index in [9.17, 15) is 9.59 Å². The average molecular weight is 453 g/mol. The first-order valence-electron chi connectivity index (χ1n) is 10.8. The summed E-state index contributed by atoms with van der Waals surface area (Å²) in [6.07, 6.45) is 1.36. The highest BCUT2D eigenvalue weighted by atomic mass is 32.1. The Hall–Kier alpha value is -3.04. The highest BCUT2D eigenvalue weighted by molar-refractivity contribution is 7.13. The molecule has 5 rings (SSSR count). The molecule has 0 spiro atoms. The highest BCUT2D eigenvalue weighted by Crippen LogP contribution is 2.23. The summed E-state index contributed by atoms with van der Waals surface area (Å²) in [5.74, 6) is 0.793. The minimum atomic E-state index is -0.723. The number of aryl methyl sites for hydroxylation is 1. The van der Waals surface area contributed by atoms with Gasteiger partial charge in [0.1, 0.15) is 0 Å². The zero-order chi connectivity index (χ0) is 21.9. The van der Waals surface area contributed by atoms with Crippen LogP contribution >= 0.6 is 11.3 Å². The van der Waals surface area contributed by atoms with Gasteiger partial charge < -0.3 is 14.2 Å². The fraction of sp³-hybridized carbons (Fsp3) is 0.391. The maximum atomic E-state index is 12.9. The molecule has 0 saturated carbocycles. The molecule has 2 aliphatic rings. The Morgan fingerprint density at radius 2 is 1.97 bits per heavy atom. The number of carbonyl (C=O) groups excluding carboxylic acids is 2. The maximum absolute atomic E-state index is 12.9. The number of nitrogens with zero attached hydrogens (tertiary/aromatic N) is 4. The third-order valence-electron chi connectivity index (χ3n) is 5.93. The molecule has 9 heteroatoms. The molecule has 0 aliphatic carbocycles. The Kier molecular flexibility index (Phi) is 6.00. The number of esters is 1. The molecule has 2 aliphatic heterocycles. The SMILES string of the molecule is O=C1OC(C(=O)N2CCN(CCCc3nc(-c4cccs4)no3)CC2)Cc2ccccc21. The largest absolute Gasteiger partial charge is 0.448 e. The van der Waals surface area contributed by atoms with Crippen molar-refractivity contribution in [2.24, 2.45) is 0 Å². The summed E-state index contributed by atoms with van der Waals surface area (Å²) in [5.41, 5.74) is 1.44. The van der Waals surface area contributed by atoms with E-state index < -0.39 is 12.1 Å². The van der Waals surface area contributed by atoms with Gasteiger partial charge in [0.15, 0.2) is 6.10 Å². The van der Waals surface area contributed by atoms with Crippen LogP contribution in [0.4, 0.5) is 0 Å². The van der Waals surface area contributed by atoms with Crippen molar-refractivity contribution in [3.63, 3.8) is 0 Å². The number of ether oxygens (including phenoxy) is 1. The van der Waals surface area contributed by atoms with Gasteiger partial charge in [-0.25, -0.2) is 4.79 Å². The Balaban J connectivity index is 1.07. The van der Waals surface area contributed by atoms with Crippen LogP contribution in [0.15, 0.2) is 46.3 Å². The van der Waals surface area contributed by atoms with Crippen molar-refractivity contribution in [2.75, 3.05) is 32.7 Å². The third kappa shape index (κ3) is 4.44. The summed E-state index contributed by atoms with van der Waals surface area (Å²) in [5, 5.41) is 6.04. The van der Waals surface area contributed by atoms with E-state index in [4.69, 9.17) is 9.26 Å². The molecule has 0 N–H and O–H groups in total. The van der Waals surface area contributed by atoms with E-state index in [2.05, 4.69) is 15.0 Å². The van der Waals surface area contributed by atoms with Gasteiger partial charge in [-0.1, -0.05) is 29.4 Å². The number of hydrogen-bond donors (Lipinski definition) is 0. The molecule has 8 nitrogen and oxygen atoms in total. The van der Waals surface area contributed by atoms with Crippen molar-refractivity contribution < 1.29 is 18.8 Å². The summed E-state index contributed by atoms with van der Waals surface area (Å²) in [4.78, 5) is 34.8. The smallest absolute Gasteiger partial charge is 0.339 e. The lowest BCUT2D eigenvalue weighted by Gasteiger charge is -2.37. The number of piperazine rings is 1. The number of fused-ring (bicyclic) bond motifs is 1. The van der Waals surface area contributed by atoms with Crippen LogP contribution in [0.3, 0.4) is 0 Å². The third-order valence-corrected chi connectivity index (χ3v) is 6.79. The summed E-state index contributed by atoms with van der Waals surface area (Å²) in [6, 6.07) is 11.3. The van der Waals surface area contributed by atoms with Gasteiger partial charge in [-0.3, -0.25) is 9.69 Å². The first-order chi connectivity index (χ1) is 15.7. The molecule has 3 aromatic rings. The van der Waals surface area contributed by atoms with Crippen molar-refractivity contribution in [3.8, 4) is 10.7 Å². The number of cyclic esters (lactones) is 1. The van der Waals surface area contributed by atoms with Crippen molar-refractivity contribution in [1.29, 1.82) is 0 Å². The summed E-state index contributed by atoms with van der Waals surface area (Å²) in [6.45, 7) is 3.78. The van der Waals surface area contributed by atoms with Gasteiger partial charge in [-0.15, -0.1) is 11.3 Å². The van der Waals surface area contributed by atoms with Crippen LogP contribution in [0.5, 0.6) is 0 Å². The van der Waals surface area contributed by atoms with Gasteiger partial charge in [-0.05, 0) is 36.0 Å². The lowest BCUT2D eigenvalue weighted by molar-refractivity contribution is -0.142. The minimum absolute atomic E-state index is 0.0977. The molecule has 0 radical (unpaired) electrons. The molecule has 4 heterocycles. The molecule has 1 saturated heterocycles. The van der Waals surface area contributed by atoms with Gasteiger partial charge in [0.25, 0.3) is 5.91 Å². The first kappa shape index (κ1) is 20.8. The van der Waals surface area contributed by atoms with Crippen LogP contribution in [0.1, 0.15) is 28.2 Å². The molecule has 32 heavy (non-hydrogen) atoms. The Labute approximate surface area is 189 Å². The monoisotopic (exact) mass is 452 g/mol. The number of rotatable bonds is 6. The standard InChI is InChI=1S/C23H24N4O4S/c28-22(18-15-16-5-1-2-6-17(16)23(29)30-18)27-12-10-26(11-13-27)9-3-8-20-24-21(25-31-20)19-7-4-14-32-19/h1-2,4-7,14,18H,3,8-13,15H2. The van der Waals surface area contributed by atoms with Crippen LogP contribution < -0.4 is 0 Å². The predicted molar refractivity (Wildman–Crippen MR) is 118 cm³/mol. The molecular formula is C23H24N4O4S. The van der Waals surface area contributed by atoms with Gasteiger partial charge in [0.05, 0.1) is 10.4 Å². The van der Waals surface area contributed by atoms with Crippen LogP contribution in [-0.4, -0.2) is 70.6 Å². The fourth-order valence-corrected chi connectivity index (χ4v) is 4.83. The van der Waals surface area contributed by atoms with Gasteiger partial charge in [0.2, 0.25) is 11.7 Å². The van der Waals surface area contributed by atoms with E-state index in [1.165, 1.54) is 0 Å². The van der Waals surface area contributed by atoms with Crippen LogP contribution in [0.2, 0.25) is 0 Å². The molecule has 166 valence electrons. The van der Waals surface area contributed by atoms with Crippen LogP contribution in [0, 0.1) is 0 Å². The van der Waals surface area contributed by atoms with Crippen molar-refractivity contribution in [2.45, 2.75) is 25.4 Å². The van der Waals surface area contributed by atoms with E-state index in [-0.39, 0.29) is 5.91 Å². The molecule has 1 unspecified atom stereocenters. The lowest BCUT2D eigenvalue weighted by atomic mass is 9.98. The number of carbonyl (C=O) groups is 2. The molecular weight excluding hydrogens is 428 g/mol. The first-order valence-corrected chi connectivity index (χ1v) is 11.7. The molecule has 1 atom stereocenters. The Morgan fingerprint density at radius 3 is 2.78 bits per heavy atom. The average Bonchev–Trinajstić information content (AvgIpc) is 3.51. The normalized spacial score (nSPS) is 18.9. The highest BCUT2D eigenvalue weighted by Gasteiger charge is 2.34. The molecule has 1 amide bonds. The number of thiophene rings is 1. The quantitative estimate of drug-likeness (QED) is 0.531. The van der Waals surface area contributed by atoms with E-state index in [0.717, 1.165) is 42.9 Å². The molecule has 1 fully saturated rings. The second-order valence-electron chi connectivity index (χ2n) is 8.01. The zero-order valence-corrected chi connectivity index (χ0v) is 18.4. The van der Waals surface area contributed by atoms with Gasteiger partial charge >= 0.3 is 5.97 Å². The number of aromatic nitrogens is 2. The maximum Gasteiger partial charge on any atom is 0.339 e.